The molecule has 0 spiro atoms. The Bertz CT molecular complexity index is 1020. The van der Waals surface area contributed by atoms with Crippen molar-refractivity contribution in [3.63, 3.8) is 0 Å². The predicted octanol–water partition coefficient (Wildman–Crippen LogP) is 4.49. The predicted molar refractivity (Wildman–Crippen MR) is 107 cm³/mol. The first-order valence-corrected chi connectivity index (χ1v) is 8.31. The molecule has 140 valence electrons. The summed E-state index contributed by atoms with van der Waals surface area (Å²) in [7, 11) is 0. The smallest absolute Gasteiger partial charge is 0.322 e. The van der Waals surface area contributed by atoms with Crippen molar-refractivity contribution in [1.29, 1.82) is 0 Å². The highest BCUT2D eigenvalue weighted by atomic mass is 16.6. The highest BCUT2D eigenvalue weighted by Gasteiger charge is 2.19. The van der Waals surface area contributed by atoms with Crippen LogP contribution in [0.15, 0.2) is 78.9 Å². The summed E-state index contributed by atoms with van der Waals surface area (Å²) in [6, 6.07) is 20.7. The third-order valence-electron chi connectivity index (χ3n) is 3.76. The van der Waals surface area contributed by atoms with Gasteiger partial charge < -0.3 is 16.0 Å². The minimum Gasteiger partial charge on any atom is -0.322 e. The van der Waals surface area contributed by atoms with Gasteiger partial charge in [-0.15, -0.1) is 0 Å². The zero-order valence-electron chi connectivity index (χ0n) is 14.6. The second-order valence-corrected chi connectivity index (χ2v) is 5.75. The quantitative estimate of drug-likeness (QED) is 0.450. The van der Waals surface area contributed by atoms with Crippen molar-refractivity contribution in [1.82, 2.24) is 0 Å². The summed E-state index contributed by atoms with van der Waals surface area (Å²) in [4.78, 5) is 34.9. The standard InChI is InChI=1S/C20H16N4O4/c25-19(17-11-4-5-12-18(17)24(27)28)21-15-9-6-10-16(13-15)23-20(26)22-14-7-2-1-3-8-14/h1-13H,(H,21,25)(H2,22,23,26). The molecule has 0 radical (unpaired) electrons. The number of hydrogen-bond donors (Lipinski definition) is 3. The van der Waals surface area contributed by atoms with Crippen LogP contribution in [-0.4, -0.2) is 16.9 Å². The summed E-state index contributed by atoms with van der Waals surface area (Å²) in [5.41, 5.74) is 1.15. The van der Waals surface area contributed by atoms with E-state index in [1.54, 1.807) is 54.6 Å². The summed E-state index contributed by atoms with van der Waals surface area (Å²) in [6.07, 6.45) is 0. The van der Waals surface area contributed by atoms with Crippen LogP contribution < -0.4 is 16.0 Å². The minimum atomic E-state index is -0.613. The van der Waals surface area contributed by atoms with Crippen LogP contribution >= 0.6 is 0 Å². The molecule has 3 N–H and O–H groups in total. The van der Waals surface area contributed by atoms with Crippen molar-refractivity contribution >= 4 is 34.7 Å². The largest absolute Gasteiger partial charge is 0.323 e. The Morgan fingerprint density at radius 3 is 2.00 bits per heavy atom. The number of rotatable bonds is 5. The number of nitrogens with one attached hydrogen (secondary N) is 3. The molecule has 28 heavy (non-hydrogen) atoms. The SMILES string of the molecule is O=C(Nc1ccccc1)Nc1cccc(NC(=O)c2ccccc2[N+](=O)[O-])c1. The van der Waals surface area contributed by atoms with E-state index in [4.69, 9.17) is 0 Å². The molecule has 8 heteroatoms. The zero-order chi connectivity index (χ0) is 19.9. The lowest BCUT2D eigenvalue weighted by molar-refractivity contribution is -0.385. The average Bonchev–Trinajstić information content (AvgIpc) is 2.69. The monoisotopic (exact) mass is 376 g/mol. The van der Waals surface area contributed by atoms with Gasteiger partial charge in [0, 0.05) is 23.1 Å². The van der Waals surface area contributed by atoms with Gasteiger partial charge in [0.1, 0.15) is 5.56 Å². The molecule has 0 fully saturated rings. The van der Waals surface area contributed by atoms with Gasteiger partial charge in [-0.05, 0) is 36.4 Å². The Kier molecular flexibility index (Phi) is 5.61. The zero-order valence-corrected chi connectivity index (χ0v) is 14.6. The summed E-state index contributed by atoms with van der Waals surface area (Å²) in [5.74, 6) is -0.613. The lowest BCUT2D eigenvalue weighted by Crippen LogP contribution is -2.19. The molecule has 0 saturated heterocycles. The van der Waals surface area contributed by atoms with E-state index >= 15 is 0 Å². The van der Waals surface area contributed by atoms with Gasteiger partial charge in [-0.2, -0.15) is 0 Å². The Morgan fingerprint density at radius 1 is 0.714 bits per heavy atom. The minimum absolute atomic E-state index is 0.0484. The van der Waals surface area contributed by atoms with E-state index in [0.717, 1.165) is 0 Å². The highest BCUT2D eigenvalue weighted by Crippen LogP contribution is 2.21. The fourth-order valence-corrected chi connectivity index (χ4v) is 2.51. The molecule has 0 aromatic heterocycles. The van der Waals surface area contributed by atoms with Gasteiger partial charge >= 0.3 is 6.03 Å². The van der Waals surface area contributed by atoms with Crippen LogP contribution in [0.4, 0.5) is 27.5 Å². The van der Waals surface area contributed by atoms with Gasteiger partial charge in [-0.3, -0.25) is 14.9 Å². The second-order valence-electron chi connectivity index (χ2n) is 5.75. The fourth-order valence-electron chi connectivity index (χ4n) is 2.51. The third kappa shape index (κ3) is 4.70. The lowest BCUT2D eigenvalue weighted by Gasteiger charge is -2.10. The fraction of sp³-hybridized carbons (Fsp3) is 0. The number of carbonyl (C=O) groups excluding carboxylic acids is 2. The van der Waals surface area contributed by atoms with Crippen LogP contribution in [-0.2, 0) is 0 Å². The van der Waals surface area contributed by atoms with Crippen LogP contribution in [0.25, 0.3) is 0 Å². The number of nitro benzene ring substituents is 1. The molecule has 8 nitrogen and oxygen atoms in total. The maximum atomic E-state index is 12.4. The first-order valence-electron chi connectivity index (χ1n) is 8.31. The highest BCUT2D eigenvalue weighted by molar-refractivity contribution is 6.07. The summed E-state index contributed by atoms with van der Waals surface area (Å²) < 4.78 is 0. The molecule has 0 unspecified atom stereocenters. The maximum absolute atomic E-state index is 12.4. The van der Waals surface area contributed by atoms with Crippen molar-refractivity contribution in [2.24, 2.45) is 0 Å². The lowest BCUT2D eigenvalue weighted by atomic mass is 10.1. The number of anilines is 3. The van der Waals surface area contributed by atoms with Crippen LogP contribution in [0.5, 0.6) is 0 Å². The molecule has 0 bridgehead atoms. The second kappa shape index (κ2) is 8.45. The molecule has 0 aliphatic heterocycles. The molecule has 0 heterocycles. The molecular formula is C20H16N4O4. The number of benzene rings is 3. The van der Waals surface area contributed by atoms with Gasteiger partial charge in [0.15, 0.2) is 0 Å². The Hall–Kier alpha value is -4.20. The number of nitrogens with zero attached hydrogens (tertiary/aromatic N) is 1. The van der Waals surface area contributed by atoms with E-state index in [-0.39, 0.29) is 11.3 Å². The summed E-state index contributed by atoms with van der Waals surface area (Å²) >= 11 is 0. The number of hydrogen-bond acceptors (Lipinski definition) is 4. The van der Waals surface area contributed by atoms with E-state index in [2.05, 4.69) is 16.0 Å². The first-order chi connectivity index (χ1) is 13.5. The van der Waals surface area contributed by atoms with E-state index in [0.29, 0.717) is 17.1 Å². The summed E-state index contributed by atoms with van der Waals surface area (Å²) in [6.45, 7) is 0. The van der Waals surface area contributed by atoms with Gasteiger partial charge in [-0.1, -0.05) is 36.4 Å². The molecular weight excluding hydrogens is 360 g/mol. The molecule has 3 amide bonds. The maximum Gasteiger partial charge on any atom is 0.323 e. The van der Waals surface area contributed by atoms with Gasteiger partial charge in [0.25, 0.3) is 11.6 Å². The Balaban J connectivity index is 1.69. The van der Waals surface area contributed by atoms with Crippen molar-refractivity contribution in [3.05, 3.63) is 94.5 Å². The van der Waals surface area contributed by atoms with Crippen LogP contribution in [0.2, 0.25) is 0 Å². The van der Waals surface area contributed by atoms with E-state index in [1.165, 1.54) is 18.2 Å². The third-order valence-corrected chi connectivity index (χ3v) is 3.76. The molecule has 0 aliphatic carbocycles. The number of urea groups is 1. The van der Waals surface area contributed by atoms with E-state index in [9.17, 15) is 19.7 Å². The topological polar surface area (TPSA) is 113 Å². The molecule has 0 aliphatic rings. The van der Waals surface area contributed by atoms with Gasteiger partial charge in [0.2, 0.25) is 0 Å². The van der Waals surface area contributed by atoms with Crippen LogP contribution in [0, 0.1) is 10.1 Å². The number of carbonyl (C=O) groups is 2. The van der Waals surface area contributed by atoms with E-state index < -0.39 is 16.9 Å². The first kappa shape index (κ1) is 18.6. The van der Waals surface area contributed by atoms with Crippen LogP contribution in [0.3, 0.4) is 0 Å². The van der Waals surface area contributed by atoms with E-state index in [1.807, 2.05) is 6.07 Å². The Labute approximate surface area is 160 Å². The van der Waals surface area contributed by atoms with Crippen molar-refractivity contribution < 1.29 is 14.5 Å². The van der Waals surface area contributed by atoms with Gasteiger partial charge in [-0.25, -0.2) is 4.79 Å². The Morgan fingerprint density at radius 2 is 1.29 bits per heavy atom. The molecule has 3 aromatic rings. The number of amides is 3. The number of para-hydroxylation sites is 2. The molecule has 0 atom stereocenters. The van der Waals surface area contributed by atoms with Crippen molar-refractivity contribution in [3.8, 4) is 0 Å². The van der Waals surface area contributed by atoms with Crippen molar-refractivity contribution in [2.75, 3.05) is 16.0 Å². The summed E-state index contributed by atoms with van der Waals surface area (Å²) in [5, 5.41) is 19.0. The molecule has 3 rings (SSSR count). The average molecular weight is 376 g/mol. The molecule has 3 aromatic carbocycles. The van der Waals surface area contributed by atoms with Gasteiger partial charge in [0.05, 0.1) is 4.92 Å². The normalized spacial score (nSPS) is 10.0. The molecule has 0 saturated carbocycles. The van der Waals surface area contributed by atoms with Crippen LogP contribution in [0.1, 0.15) is 10.4 Å². The number of nitro groups is 1. The van der Waals surface area contributed by atoms with Crippen molar-refractivity contribution in [2.45, 2.75) is 0 Å².